The molecule has 1 unspecified atom stereocenters. The van der Waals surface area contributed by atoms with E-state index in [9.17, 15) is 19.1 Å². The largest absolute Gasteiger partial charge is 0.481 e. The van der Waals surface area contributed by atoms with Gasteiger partial charge in [-0.25, -0.2) is 9.18 Å². The minimum absolute atomic E-state index is 0.0853. The van der Waals surface area contributed by atoms with E-state index < -0.39 is 11.4 Å². The summed E-state index contributed by atoms with van der Waals surface area (Å²) in [6.45, 7) is 2.27. The Bertz CT molecular complexity index is 596. The molecule has 1 aromatic carbocycles. The topological polar surface area (TPSA) is 69.6 Å². The zero-order valence-electron chi connectivity index (χ0n) is 12.6. The number of carbonyl (C=O) groups excluding carboxylic acids is 1. The Labute approximate surface area is 132 Å². The molecule has 1 aliphatic rings. The van der Waals surface area contributed by atoms with Gasteiger partial charge in [-0.15, -0.1) is 11.8 Å². The first-order valence-corrected chi connectivity index (χ1v) is 8.17. The van der Waals surface area contributed by atoms with Crippen LogP contribution >= 0.6 is 11.8 Å². The fourth-order valence-electron chi connectivity index (χ4n) is 2.49. The van der Waals surface area contributed by atoms with Crippen molar-refractivity contribution in [2.75, 3.05) is 19.3 Å². The van der Waals surface area contributed by atoms with Gasteiger partial charge in [-0.2, -0.15) is 0 Å². The van der Waals surface area contributed by atoms with Crippen LogP contribution in [0.4, 0.5) is 9.18 Å². The number of carbonyl (C=O) groups is 2. The maximum atomic E-state index is 13.8. The number of nitrogens with zero attached hydrogens (tertiary/aromatic N) is 1. The quantitative estimate of drug-likeness (QED) is 0.834. The summed E-state index contributed by atoms with van der Waals surface area (Å²) >= 11 is 1.41. The molecule has 2 N–H and O–H groups in total. The third-order valence-electron chi connectivity index (χ3n) is 3.99. The van der Waals surface area contributed by atoms with Gasteiger partial charge in [0.25, 0.3) is 0 Å². The predicted octanol–water partition coefficient (Wildman–Crippen LogP) is 2.55. The number of urea groups is 1. The Morgan fingerprint density at radius 2 is 2.23 bits per heavy atom. The highest BCUT2D eigenvalue weighted by Crippen LogP contribution is 2.30. The lowest BCUT2D eigenvalue weighted by atomic mass is 9.90. The van der Waals surface area contributed by atoms with Gasteiger partial charge in [-0.3, -0.25) is 4.79 Å². The zero-order valence-corrected chi connectivity index (χ0v) is 13.4. The van der Waals surface area contributed by atoms with Crippen molar-refractivity contribution in [2.45, 2.75) is 24.8 Å². The Hall–Kier alpha value is -1.76. The SMILES string of the molecule is CSc1cccc(F)c1CNC(=O)N1CCC(C)(C(=O)O)C1. The molecule has 0 spiro atoms. The number of carboxylic acids is 1. The molecule has 22 heavy (non-hydrogen) atoms. The molecule has 0 aliphatic carbocycles. The van der Waals surface area contributed by atoms with Crippen molar-refractivity contribution in [1.29, 1.82) is 0 Å². The fraction of sp³-hybridized carbons (Fsp3) is 0.467. The zero-order chi connectivity index (χ0) is 16.3. The molecule has 1 fully saturated rings. The molecule has 1 aromatic rings. The molecule has 0 radical (unpaired) electrons. The highest BCUT2D eigenvalue weighted by atomic mass is 32.2. The summed E-state index contributed by atoms with van der Waals surface area (Å²) in [4.78, 5) is 25.6. The molecule has 2 amide bonds. The van der Waals surface area contributed by atoms with Gasteiger partial charge in [-0.05, 0) is 31.7 Å². The summed E-state index contributed by atoms with van der Waals surface area (Å²) in [5, 5.41) is 11.8. The van der Waals surface area contributed by atoms with Crippen LogP contribution in [0.1, 0.15) is 18.9 Å². The van der Waals surface area contributed by atoms with Crippen LogP contribution in [0, 0.1) is 11.2 Å². The lowest BCUT2D eigenvalue weighted by molar-refractivity contribution is -0.147. The van der Waals surface area contributed by atoms with Gasteiger partial charge in [0.2, 0.25) is 0 Å². The molecular formula is C15H19FN2O3S. The van der Waals surface area contributed by atoms with Crippen LogP contribution < -0.4 is 5.32 Å². The number of benzene rings is 1. The first-order valence-electron chi connectivity index (χ1n) is 6.95. The Morgan fingerprint density at radius 3 is 2.82 bits per heavy atom. The predicted molar refractivity (Wildman–Crippen MR) is 82.3 cm³/mol. The second-order valence-electron chi connectivity index (χ2n) is 5.62. The summed E-state index contributed by atoms with van der Waals surface area (Å²) in [5.41, 5.74) is -0.455. The molecule has 120 valence electrons. The van der Waals surface area contributed by atoms with Gasteiger partial charge >= 0.3 is 12.0 Å². The van der Waals surface area contributed by atoms with Crippen molar-refractivity contribution in [3.05, 3.63) is 29.6 Å². The van der Waals surface area contributed by atoms with Crippen LogP contribution in [0.15, 0.2) is 23.1 Å². The van der Waals surface area contributed by atoms with E-state index in [4.69, 9.17) is 0 Å². The van der Waals surface area contributed by atoms with Crippen LogP contribution in [0.3, 0.4) is 0 Å². The van der Waals surface area contributed by atoms with Crippen LogP contribution in [0.2, 0.25) is 0 Å². The summed E-state index contributed by atoms with van der Waals surface area (Å²) in [6, 6.07) is 4.43. The molecule has 7 heteroatoms. The van der Waals surface area contributed by atoms with Gasteiger partial charge in [0, 0.05) is 30.1 Å². The molecule has 1 heterocycles. The van der Waals surface area contributed by atoms with E-state index in [1.54, 1.807) is 19.1 Å². The van der Waals surface area contributed by atoms with E-state index in [2.05, 4.69) is 5.32 Å². The van der Waals surface area contributed by atoms with Crippen molar-refractivity contribution >= 4 is 23.8 Å². The van der Waals surface area contributed by atoms with E-state index >= 15 is 0 Å². The third kappa shape index (κ3) is 3.35. The number of halogens is 1. The summed E-state index contributed by atoms with van der Waals surface area (Å²) in [7, 11) is 0. The second-order valence-corrected chi connectivity index (χ2v) is 6.46. The number of hydrogen-bond acceptors (Lipinski definition) is 3. The van der Waals surface area contributed by atoms with Crippen LogP contribution in [-0.2, 0) is 11.3 Å². The molecule has 1 saturated heterocycles. The van der Waals surface area contributed by atoms with E-state index in [1.165, 1.54) is 22.7 Å². The van der Waals surface area contributed by atoms with Crippen molar-refractivity contribution in [3.8, 4) is 0 Å². The maximum absolute atomic E-state index is 13.8. The molecule has 1 aliphatic heterocycles. The molecule has 5 nitrogen and oxygen atoms in total. The normalized spacial score (nSPS) is 21.0. The molecular weight excluding hydrogens is 307 g/mol. The van der Waals surface area contributed by atoms with Crippen molar-refractivity contribution in [1.82, 2.24) is 10.2 Å². The number of nitrogens with one attached hydrogen (secondary N) is 1. The minimum Gasteiger partial charge on any atom is -0.481 e. The van der Waals surface area contributed by atoms with Crippen molar-refractivity contribution in [2.24, 2.45) is 5.41 Å². The van der Waals surface area contributed by atoms with E-state index in [1.807, 2.05) is 6.26 Å². The van der Waals surface area contributed by atoms with E-state index in [-0.39, 0.29) is 24.9 Å². The van der Waals surface area contributed by atoms with Crippen molar-refractivity contribution < 1.29 is 19.1 Å². The highest BCUT2D eigenvalue weighted by Gasteiger charge is 2.42. The smallest absolute Gasteiger partial charge is 0.317 e. The van der Waals surface area contributed by atoms with Crippen LogP contribution in [-0.4, -0.2) is 41.4 Å². The molecule has 0 aromatic heterocycles. The fourth-order valence-corrected chi connectivity index (χ4v) is 3.12. The number of hydrogen-bond donors (Lipinski definition) is 2. The minimum atomic E-state index is -0.903. The lowest BCUT2D eigenvalue weighted by Crippen LogP contribution is -2.40. The van der Waals surface area contributed by atoms with Crippen LogP contribution in [0.5, 0.6) is 0 Å². The number of carboxylic acid groups (broad SMARTS) is 1. The second kappa shape index (κ2) is 6.56. The first-order chi connectivity index (χ1) is 10.4. The Balaban J connectivity index is 1.99. The Kier molecular flexibility index (Phi) is 4.95. The van der Waals surface area contributed by atoms with Crippen LogP contribution in [0.25, 0.3) is 0 Å². The van der Waals surface area contributed by atoms with Crippen molar-refractivity contribution in [3.63, 3.8) is 0 Å². The molecule has 1 atom stereocenters. The number of amides is 2. The van der Waals surface area contributed by atoms with E-state index in [0.717, 1.165) is 4.90 Å². The Morgan fingerprint density at radius 1 is 1.50 bits per heavy atom. The van der Waals surface area contributed by atoms with Gasteiger partial charge in [0.05, 0.1) is 5.41 Å². The number of likely N-dealkylation sites (tertiary alicyclic amines) is 1. The summed E-state index contributed by atoms with van der Waals surface area (Å²) in [5.74, 6) is -1.26. The molecule has 0 saturated carbocycles. The van der Waals surface area contributed by atoms with Gasteiger partial charge in [-0.1, -0.05) is 6.07 Å². The summed E-state index contributed by atoms with van der Waals surface area (Å²) < 4.78 is 13.8. The van der Waals surface area contributed by atoms with Gasteiger partial charge in [0.1, 0.15) is 5.82 Å². The monoisotopic (exact) mass is 326 g/mol. The molecule has 2 rings (SSSR count). The average molecular weight is 326 g/mol. The van der Waals surface area contributed by atoms with Gasteiger partial charge in [0.15, 0.2) is 0 Å². The molecule has 0 bridgehead atoms. The highest BCUT2D eigenvalue weighted by molar-refractivity contribution is 7.98. The first kappa shape index (κ1) is 16.6. The average Bonchev–Trinajstić information content (AvgIpc) is 2.89. The standard InChI is InChI=1S/C15H19FN2O3S/c1-15(13(19)20)6-7-18(9-15)14(21)17-8-10-11(16)4-3-5-12(10)22-2/h3-5H,6-9H2,1-2H3,(H,17,21)(H,19,20). The van der Waals surface area contributed by atoms with E-state index in [0.29, 0.717) is 18.5 Å². The third-order valence-corrected chi connectivity index (χ3v) is 4.81. The summed E-state index contributed by atoms with van der Waals surface area (Å²) in [6.07, 6.45) is 2.27. The maximum Gasteiger partial charge on any atom is 0.317 e. The number of thioether (sulfide) groups is 1. The number of aliphatic carboxylic acids is 1. The van der Waals surface area contributed by atoms with Gasteiger partial charge < -0.3 is 15.3 Å². The number of rotatable bonds is 4. The lowest BCUT2D eigenvalue weighted by Gasteiger charge is -2.21.